The first-order valence-corrected chi connectivity index (χ1v) is 6.64. The Morgan fingerprint density at radius 2 is 2.32 bits per heavy atom. The molecule has 0 aromatic heterocycles. The second kappa shape index (κ2) is 6.10. The van der Waals surface area contributed by atoms with Crippen LogP contribution in [0, 0.1) is 11.7 Å². The van der Waals surface area contributed by atoms with Crippen molar-refractivity contribution in [1.29, 1.82) is 0 Å². The van der Waals surface area contributed by atoms with Crippen LogP contribution in [0.25, 0.3) is 0 Å². The van der Waals surface area contributed by atoms with Crippen LogP contribution < -0.4 is 15.8 Å². The second-order valence-corrected chi connectivity index (χ2v) is 4.82. The quantitative estimate of drug-likeness (QED) is 0.806. The number of hydrogen-bond donors (Lipinski definition) is 2. The summed E-state index contributed by atoms with van der Waals surface area (Å²) in [5, 5.41) is 3.27. The standard InChI is InChI=1S/C14H21FN2O2/c1-3-13-9(4-5-19-13)8-17-12-7-14(18-2)10(15)6-11(12)16/h6-7,9,13,17H,3-5,8,16H2,1-2H3. The van der Waals surface area contributed by atoms with Crippen LogP contribution in [-0.4, -0.2) is 26.4 Å². The van der Waals surface area contributed by atoms with Gasteiger partial charge in [0.05, 0.1) is 24.6 Å². The van der Waals surface area contributed by atoms with E-state index in [2.05, 4.69) is 12.2 Å². The number of anilines is 2. The van der Waals surface area contributed by atoms with E-state index in [1.807, 2.05) is 0 Å². The summed E-state index contributed by atoms with van der Waals surface area (Å²) in [4.78, 5) is 0. The van der Waals surface area contributed by atoms with Crippen LogP contribution in [0.3, 0.4) is 0 Å². The number of nitrogen functional groups attached to an aromatic ring is 1. The lowest BCUT2D eigenvalue weighted by Crippen LogP contribution is -2.23. The molecule has 0 amide bonds. The summed E-state index contributed by atoms with van der Waals surface area (Å²) in [5.74, 6) is 0.230. The van der Waals surface area contributed by atoms with E-state index in [9.17, 15) is 4.39 Å². The van der Waals surface area contributed by atoms with E-state index >= 15 is 0 Å². The molecule has 1 aliphatic rings. The van der Waals surface area contributed by atoms with Crippen LogP contribution >= 0.6 is 0 Å². The molecule has 1 heterocycles. The first-order valence-electron chi connectivity index (χ1n) is 6.64. The molecule has 0 bridgehead atoms. The molecule has 2 atom stereocenters. The third kappa shape index (κ3) is 3.10. The first kappa shape index (κ1) is 13.9. The van der Waals surface area contributed by atoms with Crippen molar-refractivity contribution in [2.24, 2.45) is 5.92 Å². The van der Waals surface area contributed by atoms with Gasteiger partial charge in [0.1, 0.15) is 0 Å². The zero-order valence-corrected chi connectivity index (χ0v) is 11.4. The van der Waals surface area contributed by atoms with Crippen molar-refractivity contribution in [1.82, 2.24) is 0 Å². The normalized spacial score (nSPS) is 22.5. The van der Waals surface area contributed by atoms with Gasteiger partial charge in [-0.25, -0.2) is 4.39 Å². The summed E-state index contributed by atoms with van der Waals surface area (Å²) >= 11 is 0. The smallest absolute Gasteiger partial charge is 0.167 e. The highest BCUT2D eigenvalue weighted by molar-refractivity contribution is 5.68. The zero-order valence-electron chi connectivity index (χ0n) is 11.4. The number of ether oxygens (including phenoxy) is 2. The third-order valence-electron chi connectivity index (χ3n) is 3.63. The van der Waals surface area contributed by atoms with E-state index in [4.69, 9.17) is 15.2 Å². The maximum Gasteiger partial charge on any atom is 0.167 e. The minimum Gasteiger partial charge on any atom is -0.494 e. The predicted molar refractivity (Wildman–Crippen MR) is 74.0 cm³/mol. The molecule has 5 heteroatoms. The number of halogens is 1. The van der Waals surface area contributed by atoms with Gasteiger partial charge in [-0.15, -0.1) is 0 Å². The highest BCUT2D eigenvalue weighted by atomic mass is 19.1. The van der Waals surface area contributed by atoms with Crippen molar-refractivity contribution in [2.75, 3.05) is 31.3 Å². The topological polar surface area (TPSA) is 56.5 Å². The summed E-state index contributed by atoms with van der Waals surface area (Å²) in [6.07, 6.45) is 2.36. The Balaban J connectivity index is 2.03. The van der Waals surface area contributed by atoms with Gasteiger partial charge in [0.2, 0.25) is 0 Å². The molecule has 0 saturated carbocycles. The van der Waals surface area contributed by atoms with Gasteiger partial charge in [0, 0.05) is 31.2 Å². The molecule has 2 unspecified atom stereocenters. The lowest BCUT2D eigenvalue weighted by molar-refractivity contribution is 0.0900. The van der Waals surface area contributed by atoms with E-state index in [0.29, 0.717) is 23.4 Å². The van der Waals surface area contributed by atoms with Crippen LogP contribution in [0.1, 0.15) is 19.8 Å². The molecular formula is C14H21FN2O2. The molecule has 0 aliphatic carbocycles. The number of rotatable bonds is 5. The number of nitrogens with one attached hydrogen (secondary N) is 1. The summed E-state index contributed by atoms with van der Waals surface area (Å²) in [7, 11) is 1.44. The Bertz CT molecular complexity index is 440. The number of hydrogen-bond acceptors (Lipinski definition) is 4. The van der Waals surface area contributed by atoms with Gasteiger partial charge in [-0.1, -0.05) is 6.92 Å². The van der Waals surface area contributed by atoms with Gasteiger partial charge in [-0.05, 0) is 12.8 Å². The fourth-order valence-corrected chi connectivity index (χ4v) is 2.50. The van der Waals surface area contributed by atoms with Crippen molar-refractivity contribution < 1.29 is 13.9 Å². The summed E-state index contributed by atoms with van der Waals surface area (Å²) in [5.41, 5.74) is 6.91. The fourth-order valence-electron chi connectivity index (χ4n) is 2.50. The Labute approximate surface area is 113 Å². The maximum absolute atomic E-state index is 13.4. The zero-order chi connectivity index (χ0) is 13.8. The van der Waals surface area contributed by atoms with Gasteiger partial charge in [0.15, 0.2) is 11.6 Å². The van der Waals surface area contributed by atoms with Gasteiger partial charge >= 0.3 is 0 Å². The summed E-state index contributed by atoms with van der Waals surface area (Å²) in [6.45, 7) is 3.71. The molecular weight excluding hydrogens is 247 g/mol. The lowest BCUT2D eigenvalue weighted by atomic mass is 9.99. The van der Waals surface area contributed by atoms with E-state index in [1.165, 1.54) is 13.2 Å². The molecule has 1 aromatic rings. The molecule has 0 spiro atoms. The van der Waals surface area contributed by atoms with Gasteiger partial charge < -0.3 is 20.5 Å². The average Bonchev–Trinajstić information content (AvgIpc) is 2.85. The van der Waals surface area contributed by atoms with Gasteiger partial charge in [0.25, 0.3) is 0 Å². The SMILES string of the molecule is CCC1OCCC1CNc1cc(OC)c(F)cc1N. The molecule has 19 heavy (non-hydrogen) atoms. The van der Waals surface area contributed by atoms with Crippen LogP contribution in [0.15, 0.2) is 12.1 Å². The lowest BCUT2D eigenvalue weighted by Gasteiger charge is -2.19. The highest BCUT2D eigenvalue weighted by Gasteiger charge is 2.26. The summed E-state index contributed by atoms with van der Waals surface area (Å²) < 4.78 is 24.0. The Kier molecular flexibility index (Phi) is 4.47. The molecule has 3 N–H and O–H groups in total. The predicted octanol–water partition coefficient (Wildman–Crippen LogP) is 2.64. The Hall–Kier alpha value is -1.49. The molecule has 4 nitrogen and oxygen atoms in total. The minimum atomic E-state index is -0.443. The minimum absolute atomic E-state index is 0.200. The van der Waals surface area contributed by atoms with Crippen LogP contribution in [0.2, 0.25) is 0 Å². The molecule has 1 aliphatic heterocycles. The van der Waals surface area contributed by atoms with E-state index in [0.717, 1.165) is 26.0 Å². The van der Waals surface area contributed by atoms with Crippen molar-refractivity contribution in [2.45, 2.75) is 25.9 Å². The fraction of sp³-hybridized carbons (Fsp3) is 0.571. The highest BCUT2D eigenvalue weighted by Crippen LogP contribution is 2.29. The van der Waals surface area contributed by atoms with Crippen molar-refractivity contribution in [3.63, 3.8) is 0 Å². The van der Waals surface area contributed by atoms with Crippen molar-refractivity contribution in [3.05, 3.63) is 17.9 Å². The van der Waals surface area contributed by atoms with Gasteiger partial charge in [-0.2, -0.15) is 0 Å². The molecule has 1 saturated heterocycles. The monoisotopic (exact) mass is 268 g/mol. The first-order chi connectivity index (χ1) is 9.15. The summed E-state index contributed by atoms with van der Waals surface area (Å²) in [6, 6.07) is 2.88. The van der Waals surface area contributed by atoms with Gasteiger partial charge in [-0.3, -0.25) is 0 Å². The van der Waals surface area contributed by atoms with Crippen LogP contribution in [0.4, 0.5) is 15.8 Å². The number of nitrogens with two attached hydrogens (primary N) is 1. The largest absolute Gasteiger partial charge is 0.494 e. The Morgan fingerprint density at radius 3 is 3.00 bits per heavy atom. The number of benzene rings is 1. The molecule has 1 aromatic carbocycles. The molecule has 2 rings (SSSR count). The van der Waals surface area contributed by atoms with E-state index < -0.39 is 5.82 Å². The second-order valence-electron chi connectivity index (χ2n) is 4.82. The average molecular weight is 268 g/mol. The number of methoxy groups -OCH3 is 1. The van der Waals surface area contributed by atoms with Crippen molar-refractivity contribution >= 4 is 11.4 Å². The molecule has 1 fully saturated rings. The Morgan fingerprint density at radius 1 is 1.53 bits per heavy atom. The van der Waals surface area contributed by atoms with Crippen molar-refractivity contribution in [3.8, 4) is 5.75 Å². The maximum atomic E-state index is 13.4. The third-order valence-corrected chi connectivity index (χ3v) is 3.63. The van der Waals surface area contributed by atoms with Crippen LogP contribution in [-0.2, 0) is 4.74 Å². The molecule has 106 valence electrons. The van der Waals surface area contributed by atoms with E-state index in [-0.39, 0.29) is 5.75 Å². The molecule has 0 radical (unpaired) electrons. The van der Waals surface area contributed by atoms with E-state index in [1.54, 1.807) is 6.07 Å². The van der Waals surface area contributed by atoms with Crippen LogP contribution in [0.5, 0.6) is 5.75 Å².